The van der Waals surface area contributed by atoms with Crippen LogP contribution in [0.4, 0.5) is 0 Å². The molecule has 1 N–H and O–H groups in total. The molecule has 2 aromatic heterocycles. The molecule has 7 aromatic carbocycles. The number of phenolic OH excluding ortho intramolecular Hbond substituents is 1. The summed E-state index contributed by atoms with van der Waals surface area (Å²) in [7, 11) is 0. The molecular weight excluding hydrogens is 986 g/mol. The number of aryl methyl sites for hydroxylation is 3. The molecule has 5 heteroatoms. The van der Waals surface area contributed by atoms with Gasteiger partial charge in [0.2, 0.25) is 0 Å². The van der Waals surface area contributed by atoms with Gasteiger partial charge in [-0.1, -0.05) is 168 Å². The molecule has 0 saturated carbocycles. The fraction of sp³-hybridized carbons (Fsp3) is 0.213. The molecule has 0 amide bonds. The van der Waals surface area contributed by atoms with Gasteiger partial charge in [-0.05, 0) is 129 Å². The van der Waals surface area contributed by atoms with Crippen LogP contribution in [-0.2, 0) is 26.5 Å². The third-order valence-electron chi connectivity index (χ3n) is 12.1. The van der Waals surface area contributed by atoms with E-state index in [1.807, 2.05) is 118 Å². The Bertz CT molecular complexity index is 3700. The van der Waals surface area contributed by atoms with Crippen molar-refractivity contribution >= 4 is 11.0 Å². The van der Waals surface area contributed by atoms with Crippen LogP contribution in [0, 0.1) is 26.8 Å². The number of para-hydroxylation sites is 1. The van der Waals surface area contributed by atoms with E-state index in [2.05, 4.69) is 26.0 Å². The van der Waals surface area contributed by atoms with Crippen molar-refractivity contribution < 1.29 is 44.0 Å². The Balaban J connectivity index is 0.00000822. The first-order valence-corrected chi connectivity index (χ1v) is 21.7. The minimum atomic E-state index is -3.41. The number of hydrogen-bond donors (Lipinski definition) is 1. The van der Waals surface area contributed by atoms with Crippen molar-refractivity contribution in [3.05, 3.63) is 191 Å². The van der Waals surface area contributed by atoms with Crippen molar-refractivity contribution in [1.82, 2.24) is 14.5 Å². The SMILES string of the molecule is [2H]C([2H])([2H])c1cc(-c2cc(C(C)C)cc(C([2H])(C)C)c2)ccc1-n1c(-c2cc(C)cc(C)c2O)nc2c(-c3[c-]c(-c4cc(-c5ccc(C(C([2H])([2H])[2H])(C([2H])([2H])[2H])C([2H])([2H])[2H])cc5)ccn4)cc(-c4ccccc4)c3)cccc21.[Pt]. The monoisotopic (exact) mass is 1060 g/mol. The Morgan fingerprint density at radius 3 is 2.06 bits per heavy atom. The third kappa shape index (κ3) is 9.09. The van der Waals surface area contributed by atoms with Crippen LogP contribution >= 0.6 is 0 Å². The van der Waals surface area contributed by atoms with Gasteiger partial charge in [0.25, 0.3) is 0 Å². The summed E-state index contributed by atoms with van der Waals surface area (Å²) in [5, 5.41) is 11.9. The second-order valence-corrected chi connectivity index (χ2v) is 17.5. The molecule has 0 unspecified atom stereocenters. The number of rotatable bonds is 9. The predicted molar refractivity (Wildman–Crippen MR) is 273 cm³/mol. The largest absolute Gasteiger partial charge is 0.507 e. The van der Waals surface area contributed by atoms with Crippen molar-refractivity contribution in [1.29, 1.82) is 0 Å². The zero-order valence-corrected chi connectivity index (χ0v) is 39.9. The molecule has 0 saturated heterocycles. The van der Waals surface area contributed by atoms with Crippen LogP contribution in [0.25, 0.3) is 83.9 Å². The zero-order valence-electron chi connectivity index (χ0n) is 50.6. The smallest absolute Gasteiger partial charge is 0.148 e. The quantitative estimate of drug-likeness (QED) is 0.147. The molecule has 0 aliphatic heterocycles. The second kappa shape index (κ2) is 18.5. The van der Waals surface area contributed by atoms with Crippen LogP contribution in [0.2, 0.25) is 0 Å². The maximum absolute atomic E-state index is 11.9. The van der Waals surface area contributed by atoms with Crippen LogP contribution in [0.5, 0.6) is 5.75 Å². The van der Waals surface area contributed by atoms with E-state index >= 15 is 0 Å². The first kappa shape index (κ1) is 32.3. The second-order valence-electron chi connectivity index (χ2n) is 17.5. The normalized spacial score (nSPS) is 15.5. The van der Waals surface area contributed by atoms with Crippen molar-refractivity contribution in [3.63, 3.8) is 0 Å². The number of pyridine rings is 1. The summed E-state index contributed by atoms with van der Waals surface area (Å²) in [4.78, 5) is 10.1. The van der Waals surface area contributed by atoms with Gasteiger partial charge in [-0.15, -0.1) is 23.8 Å². The average molecular weight is 1060 g/mol. The van der Waals surface area contributed by atoms with E-state index in [9.17, 15) is 5.11 Å². The Kier molecular flexibility index (Phi) is 9.06. The van der Waals surface area contributed by atoms with Gasteiger partial charge in [0, 0.05) is 50.8 Å². The maximum Gasteiger partial charge on any atom is 0.148 e. The number of hydrogen-bond acceptors (Lipinski definition) is 3. The number of nitrogens with zero attached hydrogens (tertiary/aromatic N) is 3. The number of imidazole rings is 1. The molecule has 0 fully saturated rings. The molecule has 0 atom stereocenters. The Morgan fingerprint density at radius 1 is 0.636 bits per heavy atom. The van der Waals surface area contributed by atoms with Gasteiger partial charge in [-0.25, -0.2) is 4.98 Å². The molecule has 0 radical (unpaired) electrons. The molecule has 66 heavy (non-hydrogen) atoms. The van der Waals surface area contributed by atoms with Crippen LogP contribution in [0.3, 0.4) is 0 Å². The summed E-state index contributed by atoms with van der Waals surface area (Å²) >= 11 is 0. The average Bonchev–Trinajstić information content (AvgIpc) is 3.98. The molecule has 4 nitrogen and oxygen atoms in total. The predicted octanol–water partition coefficient (Wildman–Crippen LogP) is 16.4. The molecule has 2 heterocycles. The van der Waals surface area contributed by atoms with Crippen LogP contribution in [0.1, 0.15) is 111 Å². The molecule has 9 rings (SSSR count). The summed E-state index contributed by atoms with van der Waals surface area (Å²) in [5.74, 6) is -0.451. The Hall–Kier alpha value is -6.35. The molecule has 0 aliphatic rings. The fourth-order valence-corrected chi connectivity index (χ4v) is 8.54. The van der Waals surface area contributed by atoms with Crippen molar-refractivity contribution in [3.8, 4) is 78.6 Å². The molecular formula is C61H58N3OPt-. The topological polar surface area (TPSA) is 50.9 Å². The fourth-order valence-electron chi connectivity index (χ4n) is 8.54. The van der Waals surface area contributed by atoms with Crippen LogP contribution < -0.4 is 0 Å². The van der Waals surface area contributed by atoms with E-state index < -0.39 is 38.7 Å². The molecule has 0 spiro atoms. The zero-order chi connectivity index (χ0) is 56.7. The summed E-state index contributed by atoms with van der Waals surface area (Å²) in [6, 6.07) is 47.2. The van der Waals surface area contributed by atoms with E-state index in [0.29, 0.717) is 72.7 Å². The van der Waals surface area contributed by atoms with Crippen molar-refractivity contribution in [2.24, 2.45) is 0 Å². The number of phenols is 1. The summed E-state index contributed by atoms with van der Waals surface area (Å²) in [6.45, 7) is -1.27. The maximum atomic E-state index is 11.9. The van der Waals surface area contributed by atoms with Gasteiger partial charge >= 0.3 is 0 Å². The molecule has 0 aliphatic carbocycles. The Labute approximate surface area is 424 Å². The van der Waals surface area contributed by atoms with E-state index in [1.54, 1.807) is 35.9 Å². The first-order valence-electron chi connectivity index (χ1n) is 28.2. The minimum Gasteiger partial charge on any atom is -0.507 e. The van der Waals surface area contributed by atoms with Gasteiger partial charge in [0.1, 0.15) is 11.6 Å². The number of benzene rings is 7. The summed E-state index contributed by atoms with van der Waals surface area (Å²) < 4.78 is 112. The number of aromatic nitrogens is 3. The van der Waals surface area contributed by atoms with Gasteiger partial charge in [0.15, 0.2) is 0 Å². The van der Waals surface area contributed by atoms with Crippen molar-refractivity contribution in [2.45, 2.75) is 86.2 Å². The molecule has 9 aromatic rings. The summed E-state index contributed by atoms with van der Waals surface area (Å²) in [5.41, 5.74) is 8.34. The van der Waals surface area contributed by atoms with Crippen LogP contribution in [0.15, 0.2) is 152 Å². The number of aromatic hydroxyl groups is 1. The molecule has 0 bridgehead atoms. The molecule has 334 valence electrons. The Morgan fingerprint density at radius 2 is 1.33 bits per heavy atom. The van der Waals surface area contributed by atoms with E-state index in [-0.39, 0.29) is 43.9 Å². The van der Waals surface area contributed by atoms with E-state index in [0.717, 1.165) is 33.4 Å². The van der Waals surface area contributed by atoms with Crippen molar-refractivity contribution in [2.75, 3.05) is 0 Å². The minimum absolute atomic E-state index is 0. The standard InChI is InChI=1S/C61H58N3O.Pt/c1-37(2)46-30-47(38(3)4)32-49(31-46)44-21-24-56(40(6)29-44)64-57-18-14-17-53(58(57)63-60(64)54-28-39(5)27-41(7)59(54)65)50-33-48(42-15-12-11-13-16-42)34-51(35-50)55-36-45(25-26-62-55)43-19-22-52(23-20-43)61(8,9)10;/h11-34,36-38,65H,1-10H3;/q-1;/i6D3,8D3,9D3,10D3,37D;. The summed E-state index contributed by atoms with van der Waals surface area (Å²) in [6.07, 6.45) is 1.60. The van der Waals surface area contributed by atoms with E-state index in [1.165, 1.54) is 24.3 Å². The first-order chi connectivity index (χ1) is 36.4. The van der Waals surface area contributed by atoms with Gasteiger partial charge in [0.05, 0.1) is 22.3 Å². The van der Waals surface area contributed by atoms with E-state index in [4.69, 9.17) is 27.8 Å². The van der Waals surface area contributed by atoms with Crippen LogP contribution in [-0.4, -0.2) is 19.6 Å². The van der Waals surface area contributed by atoms with Gasteiger partial charge < -0.3 is 5.11 Å². The van der Waals surface area contributed by atoms with Gasteiger partial charge in [-0.3, -0.25) is 9.55 Å². The third-order valence-corrected chi connectivity index (χ3v) is 12.1. The van der Waals surface area contributed by atoms with Gasteiger partial charge in [-0.2, -0.15) is 0 Å². The number of fused-ring (bicyclic) bond motifs is 1.